The summed E-state index contributed by atoms with van der Waals surface area (Å²) < 4.78 is 0. The molecule has 1 aromatic heterocycles. The van der Waals surface area contributed by atoms with Crippen molar-refractivity contribution in [2.45, 2.75) is 39.7 Å². The van der Waals surface area contributed by atoms with E-state index in [0.717, 1.165) is 36.6 Å². The molecule has 1 saturated heterocycles. The van der Waals surface area contributed by atoms with Gasteiger partial charge in [-0.1, -0.05) is 29.8 Å². The highest BCUT2D eigenvalue weighted by molar-refractivity contribution is 5.49. The summed E-state index contributed by atoms with van der Waals surface area (Å²) in [6.07, 6.45) is 2.30. The maximum absolute atomic E-state index is 6.02. The van der Waals surface area contributed by atoms with E-state index in [1.54, 1.807) is 0 Å². The summed E-state index contributed by atoms with van der Waals surface area (Å²) in [5.41, 5.74) is 10.6. The quantitative estimate of drug-likeness (QED) is 0.918. The third-order valence-electron chi connectivity index (χ3n) is 4.39. The molecule has 0 bridgehead atoms. The number of nitrogens with zero attached hydrogens (tertiary/aromatic N) is 3. The predicted octanol–water partition coefficient (Wildman–Crippen LogP) is 3.33. The highest BCUT2D eigenvalue weighted by Crippen LogP contribution is 2.35. The van der Waals surface area contributed by atoms with Crippen molar-refractivity contribution in [1.82, 2.24) is 9.97 Å². The Kier molecular flexibility index (Phi) is 3.53. The molecule has 0 aliphatic carbocycles. The first kappa shape index (κ1) is 13.9. The molecule has 0 radical (unpaired) electrons. The van der Waals surface area contributed by atoms with Crippen LogP contribution in [0.3, 0.4) is 0 Å². The van der Waals surface area contributed by atoms with Crippen molar-refractivity contribution in [2.24, 2.45) is 0 Å². The molecule has 0 spiro atoms. The Hall–Kier alpha value is -2.10. The van der Waals surface area contributed by atoms with Crippen LogP contribution in [-0.4, -0.2) is 16.5 Å². The summed E-state index contributed by atoms with van der Waals surface area (Å²) in [4.78, 5) is 11.4. The molecule has 1 fully saturated rings. The van der Waals surface area contributed by atoms with Gasteiger partial charge in [0.05, 0.1) is 6.04 Å². The fourth-order valence-corrected chi connectivity index (χ4v) is 2.91. The number of nitrogens with two attached hydrogens (primary N) is 1. The largest absolute Gasteiger partial charge is 0.383 e. The lowest BCUT2D eigenvalue weighted by Crippen LogP contribution is -2.25. The lowest BCUT2D eigenvalue weighted by Gasteiger charge is -2.26. The number of benzene rings is 1. The predicted molar refractivity (Wildman–Crippen MR) is 86.4 cm³/mol. The maximum atomic E-state index is 6.02. The van der Waals surface area contributed by atoms with Gasteiger partial charge in [-0.15, -0.1) is 0 Å². The standard InChI is InChI=1S/C17H22N4/c1-11-6-8-14(9-7-11)15-5-4-10-21(15)17-19-13(3)12(2)16(18)20-17/h6-9,15H,4-5,10H2,1-3H3,(H2,18,19,20). The summed E-state index contributed by atoms with van der Waals surface area (Å²) in [6.45, 7) is 7.06. The minimum absolute atomic E-state index is 0.354. The van der Waals surface area contributed by atoms with Gasteiger partial charge in [0.2, 0.25) is 5.95 Å². The van der Waals surface area contributed by atoms with Gasteiger partial charge in [-0.2, -0.15) is 4.98 Å². The van der Waals surface area contributed by atoms with Crippen LogP contribution in [0, 0.1) is 20.8 Å². The van der Waals surface area contributed by atoms with Crippen LogP contribution < -0.4 is 10.6 Å². The second-order valence-corrected chi connectivity index (χ2v) is 5.88. The average molecular weight is 282 g/mol. The van der Waals surface area contributed by atoms with Crippen LogP contribution in [-0.2, 0) is 0 Å². The van der Waals surface area contributed by atoms with Gasteiger partial charge in [-0.3, -0.25) is 0 Å². The van der Waals surface area contributed by atoms with Gasteiger partial charge in [-0.25, -0.2) is 4.98 Å². The third kappa shape index (κ3) is 2.58. The van der Waals surface area contributed by atoms with E-state index in [4.69, 9.17) is 5.73 Å². The summed E-state index contributed by atoms with van der Waals surface area (Å²) in [7, 11) is 0. The summed E-state index contributed by atoms with van der Waals surface area (Å²) in [5, 5.41) is 0. The van der Waals surface area contributed by atoms with Crippen molar-refractivity contribution in [3.05, 3.63) is 46.6 Å². The number of rotatable bonds is 2. The lowest BCUT2D eigenvalue weighted by atomic mass is 10.0. The van der Waals surface area contributed by atoms with Crippen molar-refractivity contribution in [2.75, 3.05) is 17.2 Å². The van der Waals surface area contributed by atoms with Crippen LogP contribution in [0.15, 0.2) is 24.3 Å². The topological polar surface area (TPSA) is 55.0 Å². The van der Waals surface area contributed by atoms with E-state index in [-0.39, 0.29) is 0 Å². The second kappa shape index (κ2) is 5.35. The molecule has 4 heteroatoms. The Morgan fingerprint density at radius 2 is 1.81 bits per heavy atom. The van der Waals surface area contributed by atoms with Gasteiger partial charge in [0, 0.05) is 17.8 Å². The smallest absolute Gasteiger partial charge is 0.228 e. The van der Waals surface area contributed by atoms with Gasteiger partial charge < -0.3 is 10.6 Å². The lowest BCUT2D eigenvalue weighted by molar-refractivity contribution is 0.700. The molecule has 1 aliphatic heterocycles. The molecule has 4 nitrogen and oxygen atoms in total. The Morgan fingerprint density at radius 1 is 1.10 bits per heavy atom. The molecule has 21 heavy (non-hydrogen) atoms. The molecule has 1 atom stereocenters. The molecule has 1 aliphatic rings. The number of hydrogen-bond donors (Lipinski definition) is 1. The first-order valence-electron chi connectivity index (χ1n) is 7.50. The molecule has 1 aromatic carbocycles. The van der Waals surface area contributed by atoms with E-state index < -0.39 is 0 Å². The van der Waals surface area contributed by atoms with Crippen LogP contribution in [0.25, 0.3) is 0 Å². The molecular formula is C17H22N4. The minimum Gasteiger partial charge on any atom is -0.383 e. The Morgan fingerprint density at radius 3 is 2.48 bits per heavy atom. The van der Waals surface area contributed by atoms with Crippen LogP contribution in [0.5, 0.6) is 0 Å². The highest BCUT2D eigenvalue weighted by Gasteiger charge is 2.28. The van der Waals surface area contributed by atoms with Gasteiger partial charge >= 0.3 is 0 Å². The average Bonchev–Trinajstić information content (AvgIpc) is 2.94. The Balaban J connectivity index is 1.95. The number of aryl methyl sites for hydroxylation is 2. The molecule has 2 heterocycles. The zero-order chi connectivity index (χ0) is 15.0. The summed E-state index contributed by atoms with van der Waals surface area (Å²) in [6, 6.07) is 9.11. The fraction of sp³-hybridized carbons (Fsp3) is 0.412. The Labute approximate surface area is 126 Å². The van der Waals surface area contributed by atoms with Crippen molar-refractivity contribution in [3.8, 4) is 0 Å². The number of hydrogen-bond acceptors (Lipinski definition) is 4. The molecule has 2 N–H and O–H groups in total. The number of nitrogen functional groups attached to an aromatic ring is 1. The van der Waals surface area contributed by atoms with E-state index >= 15 is 0 Å². The molecule has 110 valence electrons. The zero-order valence-corrected chi connectivity index (χ0v) is 12.9. The van der Waals surface area contributed by atoms with E-state index in [2.05, 4.69) is 46.1 Å². The normalized spacial score (nSPS) is 18.2. The van der Waals surface area contributed by atoms with E-state index in [9.17, 15) is 0 Å². The van der Waals surface area contributed by atoms with Gasteiger partial charge in [-0.05, 0) is 39.2 Å². The van der Waals surface area contributed by atoms with Gasteiger partial charge in [0.1, 0.15) is 5.82 Å². The molecule has 3 rings (SSSR count). The van der Waals surface area contributed by atoms with Gasteiger partial charge in [0.15, 0.2) is 0 Å². The summed E-state index contributed by atoms with van der Waals surface area (Å²) >= 11 is 0. The van der Waals surface area contributed by atoms with Crippen molar-refractivity contribution in [1.29, 1.82) is 0 Å². The van der Waals surface area contributed by atoms with E-state index in [1.165, 1.54) is 11.1 Å². The molecule has 0 amide bonds. The molecule has 0 saturated carbocycles. The first-order valence-corrected chi connectivity index (χ1v) is 7.50. The van der Waals surface area contributed by atoms with Crippen LogP contribution >= 0.6 is 0 Å². The van der Waals surface area contributed by atoms with Crippen LogP contribution in [0.1, 0.15) is 41.3 Å². The Bertz CT molecular complexity index is 625. The molecule has 2 aromatic rings. The summed E-state index contributed by atoms with van der Waals surface area (Å²) in [5.74, 6) is 1.35. The SMILES string of the molecule is Cc1ccc(C2CCCN2c2nc(C)c(C)c(N)n2)cc1. The minimum atomic E-state index is 0.354. The van der Waals surface area contributed by atoms with Crippen LogP contribution in [0.4, 0.5) is 11.8 Å². The van der Waals surface area contributed by atoms with Crippen LogP contribution in [0.2, 0.25) is 0 Å². The second-order valence-electron chi connectivity index (χ2n) is 5.88. The maximum Gasteiger partial charge on any atom is 0.228 e. The van der Waals surface area contributed by atoms with Crippen molar-refractivity contribution >= 4 is 11.8 Å². The zero-order valence-electron chi connectivity index (χ0n) is 12.9. The molecular weight excluding hydrogens is 260 g/mol. The molecule has 1 unspecified atom stereocenters. The monoisotopic (exact) mass is 282 g/mol. The fourth-order valence-electron chi connectivity index (χ4n) is 2.91. The van der Waals surface area contributed by atoms with Crippen molar-refractivity contribution in [3.63, 3.8) is 0 Å². The number of anilines is 2. The third-order valence-corrected chi connectivity index (χ3v) is 4.39. The first-order chi connectivity index (χ1) is 10.1. The van der Waals surface area contributed by atoms with Crippen molar-refractivity contribution < 1.29 is 0 Å². The highest BCUT2D eigenvalue weighted by atomic mass is 15.3. The number of aromatic nitrogens is 2. The van der Waals surface area contributed by atoms with Gasteiger partial charge in [0.25, 0.3) is 0 Å². The van der Waals surface area contributed by atoms with E-state index in [0.29, 0.717) is 11.9 Å². The van der Waals surface area contributed by atoms with E-state index in [1.807, 2.05) is 13.8 Å².